The summed E-state index contributed by atoms with van der Waals surface area (Å²) in [6, 6.07) is 1.56. The molecule has 0 radical (unpaired) electrons. The number of rotatable bonds is 1. The number of aromatic carboxylic acids is 1. The van der Waals surface area contributed by atoms with Gasteiger partial charge in [-0.1, -0.05) is 13.8 Å². The summed E-state index contributed by atoms with van der Waals surface area (Å²) in [6.07, 6.45) is 2.89. The van der Waals surface area contributed by atoms with Crippen molar-refractivity contribution in [2.24, 2.45) is 0 Å². The number of carboxylic acid groups (broad SMARTS) is 1. The maximum atomic E-state index is 10.9. The second-order valence-electron chi connectivity index (χ2n) is 4.91. The highest BCUT2D eigenvalue weighted by molar-refractivity contribution is 5.90. The number of nitrogens with zero attached hydrogens (tertiary/aromatic N) is 1. The molecule has 0 amide bonds. The Labute approximate surface area is 93.9 Å². The van der Waals surface area contributed by atoms with Gasteiger partial charge < -0.3 is 10.2 Å². The quantitative estimate of drug-likeness (QED) is 0.761. The molecule has 0 aromatic carbocycles. The van der Waals surface area contributed by atoms with Crippen molar-refractivity contribution in [3.63, 3.8) is 0 Å². The van der Waals surface area contributed by atoms with Crippen LogP contribution in [-0.2, 0) is 11.8 Å². The third kappa shape index (κ3) is 1.64. The molecule has 0 bridgehead atoms. The number of aromatic nitrogens is 1. The summed E-state index contributed by atoms with van der Waals surface area (Å²) in [4.78, 5) is 14.9. The highest BCUT2D eigenvalue weighted by Crippen LogP contribution is 2.37. The Kier molecular flexibility index (Phi) is 2.37. The molecule has 1 aliphatic carbocycles. The molecule has 4 heteroatoms. The first-order chi connectivity index (χ1) is 7.42. The summed E-state index contributed by atoms with van der Waals surface area (Å²) in [6.45, 7) is 4.13. The fourth-order valence-corrected chi connectivity index (χ4v) is 2.32. The van der Waals surface area contributed by atoms with Gasteiger partial charge in [-0.15, -0.1) is 0 Å². The Bertz CT molecular complexity index is 452. The normalized spacial score (nSPS) is 17.9. The Hall–Kier alpha value is -1.58. The molecule has 0 saturated heterocycles. The number of aromatic hydroxyl groups is 1. The summed E-state index contributed by atoms with van der Waals surface area (Å²) in [5.74, 6) is -1.50. The molecular formula is C12H15NO3. The largest absolute Gasteiger partial charge is 0.493 e. The summed E-state index contributed by atoms with van der Waals surface area (Å²) in [5.41, 5.74) is 1.60. The van der Waals surface area contributed by atoms with Gasteiger partial charge in [0, 0.05) is 5.41 Å². The van der Waals surface area contributed by atoms with Gasteiger partial charge in [0.1, 0.15) is 5.56 Å². The Morgan fingerprint density at radius 2 is 2.19 bits per heavy atom. The highest BCUT2D eigenvalue weighted by Gasteiger charge is 2.30. The summed E-state index contributed by atoms with van der Waals surface area (Å²) < 4.78 is 0. The molecule has 1 aromatic rings. The number of hydrogen-bond acceptors (Lipinski definition) is 3. The first-order valence-electron chi connectivity index (χ1n) is 5.38. The molecule has 0 fully saturated rings. The van der Waals surface area contributed by atoms with Crippen molar-refractivity contribution >= 4 is 5.97 Å². The van der Waals surface area contributed by atoms with Gasteiger partial charge in [-0.3, -0.25) is 0 Å². The number of pyridine rings is 1. The minimum atomic E-state index is -1.13. The van der Waals surface area contributed by atoms with Crippen LogP contribution in [0.2, 0.25) is 0 Å². The lowest BCUT2D eigenvalue weighted by Gasteiger charge is -2.31. The predicted molar refractivity (Wildman–Crippen MR) is 58.8 cm³/mol. The Morgan fingerprint density at radius 1 is 1.50 bits per heavy atom. The van der Waals surface area contributed by atoms with E-state index in [4.69, 9.17) is 5.11 Å². The van der Waals surface area contributed by atoms with Crippen LogP contribution in [0, 0.1) is 0 Å². The number of carbonyl (C=O) groups is 1. The zero-order valence-electron chi connectivity index (χ0n) is 9.45. The number of hydrogen-bond donors (Lipinski definition) is 2. The average Bonchev–Trinajstić information content (AvgIpc) is 2.17. The Balaban J connectivity index is 2.60. The van der Waals surface area contributed by atoms with Crippen molar-refractivity contribution in [3.05, 3.63) is 22.9 Å². The van der Waals surface area contributed by atoms with Gasteiger partial charge in [-0.05, 0) is 30.9 Å². The molecule has 0 aliphatic heterocycles. The molecule has 0 atom stereocenters. The van der Waals surface area contributed by atoms with Gasteiger partial charge in [0.2, 0.25) is 5.88 Å². The second-order valence-corrected chi connectivity index (χ2v) is 4.91. The maximum Gasteiger partial charge on any atom is 0.341 e. The van der Waals surface area contributed by atoms with E-state index in [1.165, 1.54) is 0 Å². The lowest BCUT2D eigenvalue weighted by atomic mass is 9.76. The predicted octanol–water partition coefficient (Wildman–Crippen LogP) is 2.10. The standard InChI is InChI=1S/C12H15NO3/c1-12(2)5-3-4-7-6-8(11(15)16)10(14)13-9(7)12/h6H,3-5H2,1-2H3,(H,13,14)(H,15,16). The van der Waals surface area contributed by atoms with E-state index in [1.54, 1.807) is 6.07 Å². The van der Waals surface area contributed by atoms with E-state index in [0.717, 1.165) is 30.5 Å². The summed E-state index contributed by atoms with van der Waals surface area (Å²) >= 11 is 0. The molecule has 1 aliphatic rings. The van der Waals surface area contributed by atoms with Crippen LogP contribution in [-0.4, -0.2) is 21.2 Å². The Morgan fingerprint density at radius 3 is 2.81 bits per heavy atom. The van der Waals surface area contributed by atoms with Crippen molar-refractivity contribution in [1.29, 1.82) is 0 Å². The highest BCUT2D eigenvalue weighted by atomic mass is 16.4. The smallest absolute Gasteiger partial charge is 0.341 e. The van der Waals surface area contributed by atoms with Crippen molar-refractivity contribution < 1.29 is 15.0 Å². The molecule has 1 heterocycles. The monoisotopic (exact) mass is 221 g/mol. The molecule has 1 aromatic heterocycles. The lowest BCUT2D eigenvalue weighted by Crippen LogP contribution is -2.26. The van der Waals surface area contributed by atoms with Crippen molar-refractivity contribution in [2.45, 2.75) is 38.5 Å². The topological polar surface area (TPSA) is 70.4 Å². The van der Waals surface area contributed by atoms with Crippen LogP contribution in [0.15, 0.2) is 6.07 Å². The van der Waals surface area contributed by atoms with Gasteiger partial charge in [-0.25, -0.2) is 9.78 Å². The van der Waals surface area contributed by atoms with Crippen LogP contribution in [0.3, 0.4) is 0 Å². The lowest BCUT2D eigenvalue weighted by molar-refractivity contribution is 0.0692. The van der Waals surface area contributed by atoms with Crippen LogP contribution < -0.4 is 0 Å². The maximum absolute atomic E-state index is 10.9. The first kappa shape index (κ1) is 10.9. The van der Waals surface area contributed by atoms with E-state index in [9.17, 15) is 9.90 Å². The van der Waals surface area contributed by atoms with Gasteiger partial charge in [0.25, 0.3) is 0 Å². The first-order valence-corrected chi connectivity index (χ1v) is 5.38. The van der Waals surface area contributed by atoms with E-state index >= 15 is 0 Å². The van der Waals surface area contributed by atoms with E-state index < -0.39 is 5.97 Å². The molecule has 2 N–H and O–H groups in total. The molecule has 4 nitrogen and oxygen atoms in total. The van der Waals surface area contributed by atoms with Gasteiger partial charge in [0.05, 0.1) is 5.69 Å². The van der Waals surface area contributed by atoms with E-state index in [0.29, 0.717) is 0 Å². The van der Waals surface area contributed by atoms with Gasteiger partial charge in [-0.2, -0.15) is 0 Å². The minimum absolute atomic E-state index is 0.0813. The number of aryl methyl sites for hydroxylation is 1. The fourth-order valence-electron chi connectivity index (χ4n) is 2.32. The molecule has 86 valence electrons. The fraction of sp³-hybridized carbons (Fsp3) is 0.500. The van der Waals surface area contributed by atoms with Crippen molar-refractivity contribution in [2.75, 3.05) is 0 Å². The second kappa shape index (κ2) is 3.47. The van der Waals surface area contributed by atoms with E-state index in [1.807, 2.05) is 0 Å². The van der Waals surface area contributed by atoms with Crippen LogP contribution in [0.1, 0.15) is 48.3 Å². The van der Waals surface area contributed by atoms with Gasteiger partial charge in [0.15, 0.2) is 0 Å². The van der Waals surface area contributed by atoms with Crippen LogP contribution in [0.25, 0.3) is 0 Å². The summed E-state index contributed by atoms with van der Waals surface area (Å²) in [5, 5.41) is 18.5. The van der Waals surface area contributed by atoms with Crippen LogP contribution in [0.5, 0.6) is 5.88 Å². The molecule has 0 unspecified atom stereocenters. The van der Waals surface area contributed by atoms with Gasteiger partial charge >= 0.3 is 5.97 Å². The van der Waals surface area contributed by atoms with E-state index in [-0.39, 0.29) is 16.9 Å². The molecule has 16 heavy (non-hydrogen) atoms. The minimum Gasteiger partial charge on any atom is -0.493 e. The van der Waals surface area contributed by atoms with Crippen LogP contribution >= 0.6 is 0 Å². The molecule has 2 rings (SSSR count). The number of fused-ring (bicyclic) bond motifs is 1. The van der Waals surface area contributed by atoms with Crippen LogP contribution in [0.4, 0.5) is 0 Å². The average molecular weight is 221 g/mol. The third-order valence-corrected chi connectivity index (χ3v) is 3.20. The molecular weight excluding hydrogens is 206 g/mol. The number of carboxylic acids is 1. The summed E-state index contributed by atoms with van der Waals surface area (Å²) in [7, 11) is 0. The SMILES string of the molecule is CC1(C)CCCc2cc(C(=O)O)c(O)nc21. The zero-order valence-corrected chi connectivity index (χ0v) is 9.45. The zero-order chi connectivity index (χ0) is 11.9. The van der Waals surface area contributed by atoms with E-state index in [2.05, 4.69) is 18.8 Å². The van der Waals surface area contributed by atoms with Crippen molar-refractivity contribution in [3.8, 4) is 5.88 Å². The molecule has 0 spiro atoms. The molecule has 0 saturated carbocycles. The third-order valence-electron chi connectivity index (χ3n) is 3.20. The van der Waals surface area contributed by atoms with Crippen molar-refractivity contribution in [1.82, 2.24) is 4.98 Å².